The number of aromatic hydroxyl groups is 1. The first kappa shape index (κ1) is 34.0. The first-order chi connectivity index (χ1) is 20.6. The Kier molecular flexibility index (Phi) is 13.4. The van der Waals surface area contributed by atoms with Crippen molar-refractivity contribution < 1.29 is 10.0 Å². The highest BCUT2D eigenvalue weighted by Gasteiger charge is 2.16. The number of hydrogen-bond donors (Lipinski definition) is 1. The monoisotopic (exact) mass is 585 g/mol. The minimum atomic E-state index is -0.432. The highest BCUT2D eigenvalue weighted by Crippen LogP contribution is 2.41. The number of allylic oxidation sites excluding steroid dienone is 2. The Labute approximate surface area is 258 Å². The minimum Gasteiger partial charge on any atom is -0.507 e. The van der Waals surface area contributed by atoms with Gasteiger partial charge in [0.2, 0.25) is 0 Å². The zero-order valence-electron chi connectivity index (χ0n) is 27.1. The van der Waals surface area contributed by atoms with Crippen molar-refractivity contribution in [1.29, 1.82) is 0 Å². The molecule has 0 bridgehead atoms. The third-order valence-corrected chi connectivity index (χ3v) is 8.65. The molecule has 0 aliphatic rings. The van der Waals surface area contributed by atoms with Gasteiger partial charge in [0.1, 0.15) is 5.75 Å². The summed E-state index contributed by atoms with van der Waals surface area (Å²) in [7, 11) is 0. The smallest absolute Gasteiger partial charge is 0.269 e. The van der Waals surface area contributed by atoms with E-state index in [1.807, 2.05) is 31.2 Å². The van der Waals surface area contributed by atoms with Gasteiger partial charge in [-0.05, 0) is 68.6 Å². The van der Waals surface area contributed by atoms with Crippen molar-refractivity contribution in [3.63, 3.8) is 0 Å². The Balaban J connectivity index is 1.59. The third-order valence-electron chi connectivity index (χ3n) is 8.65. The fourth-order valence-electron chi connectivity index (χ4n) is 5.79. The number of hydrogen-bond acceptors (Lipinski definition) is 5. The summed E-state index contributed by atoms with van der Waals surface area (Å²) < 4.78 is 0. The number of phenols is 1. The van der Waals surface area contributed by atoms with Crippen LogP contribution in [-0.2, 0) is 6.42 Å². The first-order valence-corrected chi connectivity index (χ1v) is 16.1. The molecule has 43 heavy (non-hydrogen) atoms. The number of fused-ring (bicyclic) bond motifs is 1. The highest BCUT2D eigenvalue weighted by atomic mass is 16.6. The lowest BCUT2D eigenvalue weighted by molar-refractivity contribution is -0.384. The van der Waals surface area contributed by atoms with Gasteiger partial charge in [-0.1, -0.05) is 109 Å². The molecule has 0 amide bonds. The van der Waals surface area contributed by atoms with Crippen LogP contribution in [0.1, 0.15) is 104 Å². The Bertz CT molecular complexity index is 1390. The van der Waals surface area contributed by atoms with Crippen molar-refractivity contribution in [2.24, 2.45) is 28.0 Å². The third kappa shape index (κ3) is 10.6. The molecule has 0 heterocycles. The number of phenolic OH excluding ortho intramolecular Hbond substituents is 1. The highest BCUT2D eigenvalue weighted by molar-refractivity contribution is 5.99. The summed E-state index contributed by atoms with van der Waals surface area (Å²) in [5.41, 5.74) is 4.33. The van der Waals surface area contributed by atoms with Gasteiger partial charge in [0.05, 0.1) is 16.3 Å². The van der Waals surface area contributed by atoms with Gasteiger partial charge in [-0.15, -0.1) is 5.11 Å². The topological polar surface area (TPSA) is 88.1 Å². The first-order valence-electron chi connectivity index (χ1n) is 16.1. The fraction of sp³-hybridized carbons (Fsp3) is 0.514. The molecular weight excluding hydrogens is 534 g/mol. The number of rotatable bonds is 17. The summed E-state index contributed by atoms with van der Waals surface area (Å²) in [6, 6.07) is 13.7. The lowest BCUT2D eigenvalue weighted by Gasteiger charge is -2.15. The molecule has 2 atom stereocenters. The standard InChI is InChI=1S/C37H51N3O3/c1-26(2)12-9-13-27(3)14-10-15-28(4)16-11-17-29(5)20-25-33-30(6)36(34-18-7-8-19-35(34)37(33)41)39-38-31-21-23-32(24-22-31)40(42)43/h7-8,18-24,26-28,41H,9-17,25H2,1-6H3. The van der Waals surface area contributed by atoms with E-state index in [0.29, 0.717) is 23.5 Å². The van der Waals surface area contributed by atoms with E-state index in [4.69, 9.17) is 0 Å². The molecular formula is C37H51N3O3. The van der Waals surface area contributed by atoms with Crippen LogP contribution >= 0.6 is 0 Å². The molecule has 0 radical (unpaired) electrons. The van der Waals surface area contributed by atoms with Crippen LogP contribution in [0.15, 0.2) is 70.4 Å². The second-order valence-corrected chi connectivity index (χ2v) is 12.9. The van der Waals surface area contributed by atoms with Crippen LogP contribution in [0.25, 0.3) is 10.8 Å². The molecule has 0 spiro atoms. The summed E-state index contributed by atoms with van der Waals surface area (Å²) in [5, 5.41) is 32.7. The lowest BCUT2D eigenvalue weighted by Crippen LogP contribution is -2.00. The SMILES string of the molecule is CC(=CCc1c(C)c(N=Nc2ccc([N+](=O)[O-])cc2)c2ccccc2c1O)CCCC(C)CCCC(C)CCCC(C)C. The van der Waals surface area contributed by atoms with E-state index in [9.17, 15) is 15.2 Å². The minimum absolute atomic E-state index is 0.0154. The summed E-state index contributed by atoms with van der Waals surface area (Å²) >= 11 is 0. The Morgan fingerprint density at radius 3 is 2.05 bits per heavy atom. The van der Waals surface area contributed by atoms with Crippen LogP contribution < -0.4 is 0 Å². The molecule has 1 N–H and O–H groups in total. The largest absolute Gasteiger partial charge is 0.507 e. The van der Waals surface area contributed by atoms with Crippen molar-refractivity contribution in [3.05, 3.63) is 81.4 Å². The van der Waals surface area contributed by atoms with E-state index in [1.54, 1.807) is 12.1 Å². The predicted molar refractivity (Wildman–Crippen MR) is 180 cm³/mol. The van der Waals surface area contributed by atoms with Crippen molar-refractivity contribution in [2.45, 2.75) is 106 Å². The van der Waals surface area contributed by atoms with Gasteiger partial charge in [0.25, 0.3) is 5.69 Å². The van der Waals surface area contributed by atoms with E-state index < -0.39 is 4.92 Å². The van der Waals surface area contributed by atoms with Gasteiger partial charge in [0.15, 0.2) is 0 Å². The molecule has 232 valence electrons. The summed E-state index contributed by atoms with van der Waals surface area (Å²) in [6.45, 7) is 13.6. The normalized spacial score (nSPS) is 13.7. The maximum atomic E-state index is 11.2. The molecule has 3 aromatic carbocycles. The number of nitro benzene ring substituents is 1. The van der Waals surface area contributed by atoms with Gasteiger partial charge in [-0.3, -0.25) is 10.1 Å². The summed E-state index contributed by atoms with van der Waals surface area (Å²) in [5.74, 6) is 2.71. The molecule has 0 aliphatic heterocycles. The van der Waals surface area contributed by atoms with Crippen molar-refractivity contribution in [1.82, 2.24) is 0 Å². The fourth-order valence-corrected chi connectivity index (χ4v) is 5.79. The number of nitro groups is 1. The number of nitrogens with zero attached hydrogens (tertiary/aromatic N) is 3. The van der Waals surface area contributed by atoms with Crippen LogP contribution in [0.2, 0.25) is 0 Å². The molecule has 6 nitrogen and oxygen atoms in total. The Morgan fingerprint density at radius 1 is 0.860 bits per heavy atom. The second-order valence-electron chi connectivity index (χ2n) is 12.9. The van der Waals surface area contributed by atoms with E-state index in [1.165, 1.54) is 69.1 Å². The summed E-state index contributed by atoms with van der Waals surface area (Å²) in [6.07, 6.45) is 14.5. The van der Waals surface area contributed by atoms with Gasteiger partial charge in [0, 0.05) is 28.5 Å². The maximum Gasteiger partial charge on any atom is 0.269 e. The van der Waals surface area contributed by atoms with Crippen LogP contribution in [0.5, 0.6) is 5.75 Å². The molecule has 0 saturated carbocycles. The average Bonchev–Trinajstić information content (AvgIpc) is 2.97. The maximum absolute atomic E-state index is 11.2. The van der Waals surface area contributed by atoms with Gasteiger partial charge >= 0.3 is 0 Å². The average molecular weight is 586 g/mol. The zero-order valence-corrected chi connectivity index (χ0v) is 27.1. The van der Waals surface area contributed by atoms with E-state index in [-0.39, 0.29) is 5.69 Å². The van der Waals surface area contributed by atoms with Crippen LogP contribution in [0.3, 0.4) is 0 Å². The van der Waals surface area contributed by atoms with Crippen molar-refractivity contribution >= 4 is 27.8 Å². The Morgan fingerprint density at radius 2 is 1.44 bits per heavy atom. The molecule has 0 aliphatic carbocycles. The molecule has 3 rings (SSSR count). The van der Waals surface area contributed by atoms with Gasteiger partial charge < -0.3 is 5.11 Å². The van der Waals surface area contributed by atoms with Crippen LogP contribution in [0, 0.1) is 34.8 Å². The van der Waals surface area contributed by atoms with Crippen LogP contribution in [-0.4, -0.2) is 10.0 Å². The Hall–Kier alpha value is -3.54. The quantitative estimate of drug-likeness (QED) is 0.0739. The van der Waals surface area contributed by atoms with Gasteiger partial charge in [-0.2, -0.15) is 5.11 Å². The second kappa shape index (κ2) is 16.9. The van der Waals surface area contributed by atoms with Gasteiger partial charge in [-0.25, -0.2) is 0 Å². The number of azo groups is 1. The molecule has 0 fully saturated rings. The van der Waals surface area contributed by atoms with E-state index in [2.05, 4.69) is 50.9 Å². The molecule has 3 aromatic rings. The zero-order chi connectivity index (χ0) is 31.4. The molecule has 2 unspecified atom stereocenters. The predicted octanol–water partition coefficient (Wildman–Crippen LogP) is 12.1. The lowest BCUT2D eigenvalue weighted by atomic mass is 9.91. The molecule has 0 aromatic heterocycles. The van der Waals surface area contributed by atoms with Crippen LogP contribution in [0.4, 0.5) is 17.1 Å². The molecule has 0 saturated heterocycles. The summed E-state index contributed by atoms with van der Waals surface area (Å²) in [4.78, 5) is 10.5. The van der Waals surface area contributed by atoms with E-state index >= 15 is 0 Å². The number of non-ortho nitro benzene ring substituents is 1. The molecule has 6 heteroatoms. The number of benzene rings is 3. The van der Waals surface area contributed by atoms with Crippen molar-refractivity contribution in [2.75, 3.05) is 0 Å². The van der Waals surface area contributed by atoms with E-state index in [0.717, 1.165) is 46.1 Å². The van der Waals surface area contributed by atoms with Crippen molar-refractivity contribution in [3.8, 4) is 5.75 Å².